The van der Waals surface area contributed by atoms with Gasteiger partial charge in [0.1, 0.15) is 0 Å². The van der Waals surface area contributed by atoms with Crippen LogP contribution in [0.25, 0.3) is 6.08 Å². The zero-order valence-electron chi connectivity index (χ0n) is 16.5. The van der Waals surface area contributed by atoms with Crippen molar-refractivity contribution in [3.63, 3.8) is 0 Å². The molecule has 0 aliphatic carbocycles. The van der Waals surface area contributed by atoms with Crippen LogP contribution in [-0.2, 0) is 14.4 Å². The minimum atomic E-state index is -0.337. The number of carbonyl (C=O) groups excluding carboxylic acids is 3. The standard InChI is InChI=1S/C22H20N4O3S/c1-15(27)23-17-7-6-8-18(13-17)24-21(29)12-11-19-14-30-22(25-19)26(16(2)28)20-9-4-3-5-10-20/h3-14H,1-2H3,(H,23,27)(H,24,29). The summed E-state index contributed by atoms with van der Waals surface area (Å²) in [6.45, 7) is 2.90. The predicted octanol–water partition coefficient (Wildman–Crippen LogP) is 4.44. The van der Waals surface area contributed by atoms with E-state index in [2.05, 4.69) is 15.6 Å². The van der Waals surface area contributed by atoms with Crippen LogP contribution in [0.15, 0.2) is 66.1 Å². The average molecular weight is 420 g/mol. The van der Waals surface area contributed by atoms with E-state index in [9.17, 15) is 14.4 Å². The number of nitrogens with one attached hydrogen (secondary N) is 2. The fourth-order valence-corrected chi connectivity index (χ4v) is 3.54. The summed E-state index contributed by atoms with van der Waals surface area (Å²) in [7, 11) is 0. The van der Waals surface area contributed by atoms with Gasteiger partial charge in [-0.3, -0.25) is 19.3 Å². The van der Waals surface area contributed by atoms with Gasteiger partial charge in [-0.2, -0.15) is 0 Å². The summed E-state index contributed by atoms with van der Waals surface area (Å²) in [6, 6.07) is 16.1. The van der Waals surface area contributed by atoms with Gasteiger partial charge in [-0.25, -0.2) is 4.98 Å². The second-order valence-electron chi connectivity index (χ2n) is 6.33. The molecule has 0 aliphatic rings. The van der Waals surface area contributed by atoms with Crippen molar-refractivity contribution in [2.24, 2.45) is 0 Å². The Kier molecular flexibility index (Phi) is 6.71. The van der Waals surface area contributed by atoms with Crippen molar-refractivity contribution in [2.45, 2.75) is 13.8 Å². The number of hydrogen-bond acceptors (Lipinski definition) is 5. The molecule has 1 heterocycles. The van der Waals surface area contributed by atoms with Gasteiger partial charge in [0.25, 0.3) is 0 Å². The molecule has 0 atom stereocenters. The molecule has 0 bridgehead atoms. The fraction of sp³-hybridized carbons (Fsp3) is 0.0909. The Morgan fingerprint density at radius 1 is 0.967 bits per heavy atom. The Balaban J connectivity index is 1.68. The van der Waals surface area contributed by atoms with Crippen molar-refractivity contribution in [1.29, 1.82) is 0 Å². The van der Waals surface area contributed by atoms with E-state index in [0.29, 0.717) is 22.2 Å². The zero-order valence-corrected chi connectivity index (χ0v) is 17.3. The second kappa shape index (κ2) is 9.62. The lowest BCUT2D eigenvalue weighted by molar-refractivity contribution is -0.116. The highest BCUT2D eigenvalue weighted by molar-refractivity contribution is 7.14. The summed E-state index contributed by atoms with van der Waals surface area (Å²) >= 11 is 1.31. The average Bonchev–Trinajstić information content (AvgIpc) is 3.15. The molecule has 3 amide bonds. The molecule has 2 aromatic carbocycles. The molecule has 0 fully saturated rings. The van der Waals surface area contributed by atoms with Gasteiger partial charge in [0.15, 0.2) is 5.13 Å². The van der Waals surface area contributed by atoms with Crippen LogP contribution in [0.5, 0.6) is 0 Å². The highest BCUT2D eigenvalue weighted by Gasteiger charge is 2.17. The van der Waals surface area contributed by atoms with Crippen molar-refractivity contribution in [1.82, 2.24) is 4.98 Å². The maximum atomic E-state index is 12.2. The van der Waals surface area contributed by atoms with E-state index < -0.39 is 0 Å². The first-order valence-electron chi connectivity index (χ1n) is 9.10. The lowest BCUT2D eigenvalue weighted by Gasteiger charge is -2.17. The normalized spacial score (nSPS) is 10.6. The molecule has 0 saturated heterocycles. The van der Waals surface area contributed by atoms with E-state index >= 15 is 0 Å². The number of para-hydroxylation sites is 1. The van der Waals surface area contributed by atoms with Crippen LogP contribution >= 0.6 is 11.3 Å². The van der Waals surface area contributed by atoms with Crippen LogP contribution in [-0.4, -0.2) is 22.7 Å². The van der Waals surface area contributed by atoms with E-state index in [1.165, 1.54) is 36.2 Å². The van der Waals surface area contributed by atoms with Crippen molar-refractivity contribution in [3.05, 3.63) is 71.7 Å². The molecular weight excluding hydrogens is 400 g/mol. The molecule has 2 N–H and O–H groups in total. The SMILES string of the molecule is CC(=O)Nc1cccc(NC(=O)C=Cc2csc(N(C(C)=O)c3ccccc3)n2)c1. The van der Waals surface area contributed by atoms with Gasteiger partial charge in [-0.15, -0.1) is 11.3 Å². The van der Waals surface area contributed by atoms with Gasteiger partial charge in [-0.1, -0.05) is 24.3 Å². The smallest absolute Gasteiger partial charge is 0.248 e. The number of hydrogen-bond donors (Lipinski definition) is 2. The monoisotopic (exact) mass is 420 g/mol. The number of rotatable bonds is 6. The number of nitrogens with zero attached hydrogens (tertiary/aromatic N) is 2. The third-order valence-corrected chi connectivity index (χ3v) is 4.73. The predicted molar refractivity (Wildman–Crippen MR) is 120 cm³/mol. The molecule has 0 spiro atoms. The van der Waals surface area contributed by atoms with Crippen LogP contribution in [0.3, 0.4) is 0 Å². The third-order valence-electron chi connectivity index (χ3n) is 3.89. The minimum absolute atomic E-state index is 0.150. The number of benzene rings is 2. The van der Waals surface area contributed by atoms with Gasteiger partial charge in [0, 0.05) is 36.7 Å². The largest absolute Gasteiger partial charge is 0.326 e. The maximum Gasteiger partial charge on any atom is 0.248 e. The fourth-order valence-electron chi connectivity index (χ4n) is 2.68. The number of anilines is 4. The molecule has 30 heavy (non-hydrogen) atoms. The van der Waals surface area contributed by atoms with Crippen LogP contribution in [0, 0.1) is 0 Å². The topological polar surface area (TPSA) is 91.4 Å². The Bertz CT molecular complexity index is 1090. The molecular formula is C22H20N4O3S. The third kappa shape index (κ3) is 5.62. The summed E-state index contributed by atoms with van der Waals surface area (Å²) in [4.78, 5) is 41.4. The molecule has 152 valence electrons. The first kappa shape index (κ1) is 20.9. The molecule has 3 aromatic rings. The minimum Gasteiger partial charge on any atom is -0.326 e. The van der Waals surface area contributed by atoms with Crippen molar-refractivity contribution < 1.29 is 14.4 Å². The van der Waals surface area contributed by atoms with Crippen LogP contribution < -0.4 is 15.5 Å². The molecule has 0 aliphatic heterocycles. The molecule has 0 saturated carbocycles. The first-order valence-corrected chi connectivity index (χ1v) is 9.98. The van der Waals surface area contributed by atoms with E-state index in [1.54, 1.807) is 35.7 Å². The van der Waals surface area contributed by atoms with Crippen molar-refractivity contribution in [3.8, 4) is 0 Å². The van der Waals surface area contributed by atoms with E-state index in [-0.39, 0.29) is 17.7 Å². The Morgan fingerprint density at radius 2 is 1.67 bits per heavy atom. The van der Waals surface area contributed by atoms with Crippen LogP contribution in [0.1, 0.15) is 19.5 Å². The van der Waals surface area contributed by atoms with Gasteiger partial charge in [-0.05, 0) is 36.4 Å². The van der Waals surface area contributed by atoms with E-state index in [4.69, 9.17) is 0 Å². The molecule has 1 aromatic heterocycles. The molecule has 7 nitrogen and oxygen atoms in total. The maximum absolute atomic E-state index is 12.2. The number of carbonyl (C=O) groups is 3. The highest BCUT2D eigenvalue weighted by Crippen LogP contribution is 2.29. The molecule has 0 radical (unpaired) electrons. The molecule has 3 rings (SSSR count). The van der Waals surface area contributed by atoms with Gasteiger partial charge in [0.2, 0.25) is 17.7 Å². The Hall–Kier alpha value is -3.78. The van der Waals surface area contributed by atoms with Gasteiger partial charge < -0.3 is 10.6 Å². The zero-order chi connectivity index (χ0) is 21.5. The summed E-state index contributed by atoms with van der Waals surface area (Å²) in [6.07, 6.45) is 2.95. The number of thiazole rings is 1. The number of aromatic nitrogens is 1. The van der Waals surface area contributed by atoms with E-state index in [0.717, 1.165) is 5.69 Å². The quantitative estimate of drug-likeness (QED) is 0.577. The van der Waals surface area contributed by atoms with Crippen LogP contribution in [0.2, 0.25) is 0 Å². The number of amides is 3. The first-order chi connectivity index (χ1) is 14.4. The van der Waals surface area contributed by atoms with Crippen molar-refractivity contribution in [2.75, 3.05) is 15.5 Å². The van der Waals surface area contributed by atoms with Crippen LogP contribution in [0.4, 0.5) is 22.2 Å². The summed E-state index contributed by atoms with van der Waals surface area (Å²) in [5, 5.41) is 7.69. The highest BCUT2D eigenvalue weighted by atomic mass is 32.1. The van der Waals surface area contributed by atoms with Gasteiger partial charge >= 0.3 is 0 Å². The summed E-state index contributed by atoms with van der Waals surface area (Å²) < 4.78 is 0. The molecule has 0 unspecified atom stereocenters. The second-order valence-corrected chi connectivity index (χ2v) is 7.17. The lowest BCUT2D eigenvalue weighted by atomic mass is 10.2. The van der Waals surface area contributed by atoms with Crippen molar-refractivity contribution >= 4 is 57.3 Å². The Labute approximate surface area is 178 Å². The van der Waals surface area contributed by atoms with E-state index in [1.807, 2.05) is 30.3 Å². The summed E-state index contributed by atoms with van der Waals surface area (Å²) in [5.41, 5.74) is 2.45. The Morgan fingerprint density at radius 3 is 2.33 bits per heavy atom. The van der Waals surface area contributed by atoms with Gasteiger partial charge in [0.05, 0.1) is 11.4 Å². The lowest BCUT2D eigenvalue weighted by Crippen LogP contribution is -2.22. The molecule has 8 heteroatoms. The summed E-state index contributed by atoms with van der Waals surface area (Å²) in [5.74, 6) is -0.674.